The van der Waals surface area contributed by atoms with Crippen LogP contribution in [0.25, 0.3) is 0 Å². The van der Waals surface area contributed by atoms with Crippen LogP contribution in [0.5, 0.6) is 5.75 Å². The Morgan fingerprint density at radius 1 is 1.65 bits per heavy atom. The molecule has 0 bridgehead atoms. The molecular weight excluding hydrogens is 282 g/mol. The van der Waals surface area contributed by atoms with Crippen LogP contribution >= 0.6 is 15.9 Å². The Morgan fingerprint density at radius 2 is 2.35 bits per heavy atom. The van der Waals surface area contributed by atoms with Crippen LogP contribution in [0.15, 0.2) is 22.7 Å². The lowest BCUT2D eigenvalue weighted by molar-refractivity contribution is -0.127. The molecule has 0 aliphatic rings. The monoisotopic (exact) mass is 295 g/mol. The second kappa shape index (κ2) is 6.31. The molecule has 0 spiro atoms. The molecule has 1 atom stereocenters. The van der Waals surface area contributed by atoms with Gasteiger partial charge in [0.2, 0.25) is 0 Å². The van der Waals surface area contributed by atoms with Crippen LogP contribution in [0.2, 0.25) is 0 Å². The molecule has 90 valence electrons. The van der Waals surface area contributed by atoms with Gasteiger partial charge in [-0.1, -0.05) is 27.9 Å². The predicted molar refractivity (Wildman–Crippen MR) is 70.8 cm³/mol. The number of hydrogen-bond acceptors (Lipinski definition) is 2. The standard InChI is InChI=1S/C13H14BrNO2/c1-4-7-15-13(16)10(3)17-12-8-11(14)6-5-9(12)2/h1,5-6,8,10H,7H2,2-3H3,(H,15,16). The highest BCUT2D eigenvalue weighted by Gasteiger charge is 2.14. The summed E-state index contributed by atoms with van der Waals surface area (Å²) in [5.74, 6) is 2.81. The number of terminal acetylenes is 1. The lowest BCUT2D eigenvalue weighted by Crippen LogP contribution is -2.36. The summed E-state index contributed by atoms with van der Waals surface area (Å²) in [6, 6.07) is 5.68. The number of amides is 1. The van der Waals surface area contributed by atoms with Gasteiger partial charge in [-0.3, -0.25) is 4.79 Å². The zero-order valence-corrected chi connectivity index (χ0v) is 11.4. The highest BCUT2D eigenvalue weighted by molar-refractivity contribution is 9.10. The van der Waals surface area contributed by atoms with E-state index in [1.54, 1.807) is 6.92 Å². The summed E-state index contributed by atoms with van der Waals surface area (Å²) in [5, 5.41) is 2.57. The second-order valence-corrected chi connectivity index (χ2v) is 4.51. The van der Waals surface area contributed by atoms with E-state index in [4.69, 9.17) is 11.2 Å². The first-order chi connectivity index (χ1) is 8.04. The van der Waals surface area contributed by atoms with Crippen LogP contribution in [0.3, 0.4) is 0 Å². The molecule has 0 saturated carbocycles. The summed E-state index contributed by atoms with van der Waals surface area (Å²) in [6.07, 6.45) is 4.49. The third-order valence-electron chi connectivity index (χ3n) is 2.19. The van der Waals surface area contributed by atoms with Crippen LogP contribution < -0.4 is 10.1 Å². The maximum absolute atomic E-state index is 11.6. The molecule has 1 unspecified atom stereocenters. The van der Waals surface area contributed by atoms with Crippen molar-refractivity contribution in [3.05, 3.63) is 28.2 Å². The van der Waals surface area contributed by atoms with Crippen molar-refractivity contribution in [3.8, 4) is 18.1 Å². The number of hydrogen-bond donors (Lipinski definition) is 1. The number of nitrogens with one attached hydrogen (secondary N) is 1. The zero-order valence-electron chi connectivity index (χ0n) is 9.79. The van der Waals surface area contributed by atoms with Crippen molar-refractivity contribution in [1.29, 1.82) is 0 Å². The van der Waals surface area contributed by atoms with Gasteiger partial charge in [-0.2, -0.15) is 0 Å². The van der Waals surface area contributed by atoms with Crippen molar-refractivity contribution in [2.24, 2.45) is 0 Å². The highest BCUT2D eigenvalue weighted by atomic mass is 79.9. The summed E-state index contributed by atoms with van der Waals surface area (Å²) >= 11 is 3.36. The highest BCUT2D eigenvalue weighted by Crippen LogP contribution is 2.23. The molecule has 0 aliphatic heterocycles. The molecule has 0 aliphatic carbocycles. The number of carbonyl (C=O) groups excluding carboxylic acids is 1. The normalized spacial score (nSPS) is 11.4. The van der Waals surface area contributed by atoms with Gasteiger partial charge < -0.3 is 10.1 Å². The molecule has 0 saturated heterocycles. The first-order valence-corrected chi connectivity index (χ1v) is 5.98. The minimum atomic E-state index is -0.573. The predicted octanol–water partition coefficient (Wildman–Crippen LogP) is 2.27. The Kier molecular flexibility index (Phi) is 5.05. The van der Waals surface area contributed by atoms with Crippen molar-refractivity contribution in [2.75, 3.05) is 6.54 Å². The van der Waals surface area contributed by atoms with E-state index in [1.165, 1.54) is 0 Å². The molecule has 17 heavy (non-hydrogen) atoms. The molecule has 0 heterocycles. The summed E-state index contributed by atoms with van der Waals surface area (Å²) < 4.78 is 6.49. The third kappa shape index (κ3) is 4.12. The molecule has 0 aromatic heterocycles. The summed E-state index contributed by atoms with van der Waals surface area (Å²) in [4.78, 5) is 11.6. The molecule has 1 amide bonds. The number of halogens is 1. The van der Waals surface area contributed by atoms with Gasteiger partial charge in [-0.15, -0.1) is 6.42 Å². The average Bonchev–Trinajstić information content (AvgIpc) is 2.30. The minimum Gasteiger partial charge on any atom is -0.481 e. The average molecular weight is 296 g/mol. The van der Waals surface area contributed by atoms with E-state index < -0.39 is 6.10 Å². The Morgan fingerprint density at radius 3 is 3.00 bits per heavy atom. The number of ether oxygens (including phenoxy) is 1. The fourth-order valence-corrected chi connectivity index (χ4v) is 1.57. The lowest BCUT2D eigenvalue weighted by atomic mass is 10.2. The Balaban J connectivity index is 2.67. The third-order valence-corrected chi connectivity index (χ3v) is 2.68. The van der Waals surface area contributed by atoms with E-state index in [0.29, 0.717) is 5.75 Å². The van der Waals surface area contributed by atoms with E-state index in [0.717, 1.165) is 10.0 Å². The number of carbonyl (C=O) groups is 1. The maximum Gasteiger partial charge on any atom is 0.261 e. The van der Waals surface area contributed by atoms with E-state index >= 15 is 0 Å². The van der Waals surface area contributed by atoms with Crippen LogP contribution in [0.4, 0.5) is 0 Å². The Hall–Kier alpha value is -1.47. The van der Waals surface area contributed by atoms with Gasteiger partial charge in [0.25, 0.3) is 5.91 Å². The van der Waals surface area contributed by atoms with Crippen molar-refractivity contribution >= 4 is 21.8 Å². The largest absolute Gasteiger partial charge is 0.481 e. The smallest absolute Gasteiger partial charge is 0.261 e. The molecular formula is C13H14BrNO2. The fourth-order valence-electron chi connectivity index (χ4n) is 1.23. The van der Waals surface area contributed by atoms with Gasteiger partial charge in [-0.25, -0.2) is 0 Å². The van der Waals surface area contributed by atoms with Gasteiger partial charge in [0.05, 0.1) is 6.54 Å². The summed E-state index contributed by atoms with van der Waals surface area (Å²) in [6.45, 7) is 3.82. The van der Waals surface area contributed by atoms with E-state index in [2.05, 4.69) is 27.2 Å². The van der Waals surface area contributed by atoms with E-state index in [9.17, 15) is 4.79 Å². The topological polar surface area (TPSA) is 38.3 Å². The Labute approximate surface area is 110 Å². The molecule has 4 heteroatoms. The first kappa shape index (κ1) is 13.6. The Bertz CT molecular complexity index is 451. The SMILES string of the molecule is C#CCNC(=O)C(C)Oc1cc(Br)ccc1C. The van der Waals surface area contributed by atoms with Crippen LogP contribution in [-0.4, -0.2) is 18.6 Å². The van der Waals surface area contributed by atoms with Crippen LogP contribution in [0.1, 0.15) is 12.5 Å². The van der Waals surface area contributed by atoms with Gasteiger partial charge in [-0.05, 0) is 31.5 Å². The molecule has 1 aromatic carbocycles. The van der Waals surface area contributed by atoms with Crippen LogP contribution in [0, 0.1) is 19.3 Å². The summed E-state index contributed by atoms with van der Waals surface area (Å²) in [5.41, 5.74) is 0.977. The van der Waals surface area contributed by atoms with Crippen LogP contribution in [-0.2, 0) is 4.79 Å². The number of rotatable bonds is 4. The fraction of sp³-hybridized carbons (Fsp3) is 0.308. The molecule has 1 aromatic rings. The second-order valence-electron chi connectivity index (χ2n) is 3.59. The number of aryl methyl sites for hydroxylation is 1. The van der Waals surface area contributed by atoms with Crippen molar-refractivity contribution in [2.45, 2.75) is 20.0 Å². The first-order valence-electron chi connectivity index (χ1n) is 5.18. The maximum atomic E-state index is 11.6. The lowest BCUT2D eigenvalue weighted by Gasteiger charge is -2.15. The van der Waals surface area contributed by atoms with Crippen molar-refractivity contribution in [1.82, 2.24) is 5.32 Å². The molecule has 3 nitrogen and oxygen atoms in total. The quantitative estimate of drug-likeness (QED) is 0.866. The van der Waals surface area contributed by atoms with Gasteiger partial charge in [0, 0.05) is 4.47 Å². The van der Waals surface area contributed by atoms with Crippen molar-refractivity contribution < 1.29 is 9.53 Å². The molecule has 1 N–H and O–H groups in total. The number of benzene rings is 1. The molecule has 0 radical (unpaired) electrons. The summed E-state index contributed by atoms with van der Waals surface area (Å²) in [7, 11) is 0. The van der Waals surface area contributed by atoms with E-state index in [-0.39, 0.29) is 12.5 Å². The van der Waals surface area contributed by atoms with Gasteiger partial charge in [0.15, 0.2) is 6.10 Å². The van der Waals surface area contributed by atoms with Crippen molar-refractivity contribution in [3.63, 3.8) is 0 Å². The zero-order chi connectivity index (χ0) is 12.8. The minimum absolute atomic E-state index is 0.212. The van der Waals surface area contributed by atoms with Gasteiger partial charge >= 0.3 is 0 Å². The van der Waals surface area contributed by atoms with Gasteiger partial charge in [0.1, 0.15) is 5.75 Å². The molecule has 0 fully saturated rings. The molecule has 1 rings (SSSR count). The van der Waals surface area contributed by atoms with E-state index in [1.807, 2.05) is 25.1 Å².